The Morgan fingerprint density at radius 2 is 2.08 bits per heavy atom. The number of ether oxygens (including phenoxy) is 1. The number of amides is 1. The van der Waals surface area contributed by atoms with Gasteiger partial charge in [-0.15, -0.1) is 0 Å². The molecule has 1 aliphatic rings. The van der Waals surface area contributed by atoms with Crippen molar-refractivity contribution in [1.29, 1.82) is 0 Å². The summed E-state index contributed by atoms with van der Waals surface area (Å²) in [6, 6.07) is 0. The van der Waals surface area contributed by atoms with Gasteiger partial charge in [0, 0.05) is 18.6 Å². The van der Waals surface area contributed by atoms with Gasteiger partial charge < -0.3 is 9.84 Å². The highest BCUT2D eigenvalue weighted by Crippen LogP contribution is 2.17. The Kier molecular flexibility index (Phi) is 2.71. The van der Waals surface area contributed by atoms with E-state index >= 15 is 0 Å². The zero-order chi connectivity index (χ0) is 10.1. The van der Waals surface area contributed by atoms with Gasteiger partial charge in [-0.2, -0.15) is 4.99 Å². The first kappa shape index (κ1) is 10.2. The van der Waals surface area contributed by atoms with Gasteiger partial charge in [-0.25, -0.2) is 4.79 Å². The zero-order valence-corrected chi connectivity index (χ0v) is 8.20. The van der Waals surface area contributed by atoms with Crippen molar-refractivity contribution in [1.82, 2.24) is 0 Å². The Morgan fingerprint density at radius 3 is 2.46 bits per heavy atom. The molecule has 0 unspecified atom stereocenters. The van der Waals surface area contributed by atoms with Crippen LogP contribution in [0, 0.1) is 0 Å². The number of nitrogens with zero attached hydrogens (tertiary/aromatic N) is 1. The van der Waals surface area contributed by atoms with Gasteiger partial charge in [0.05, 0.1) is 6.10 Å². The number of rotatable bonds is 0. The number of aliphatic hydroxyl groups excluding tert-OH is 1. The summed E-state index contributed by atoms with van der Waals surface area (Å²) < 4.78 is 4.97. The monoisotopic (exact) mass is 185 g/mol. The third-order valence-electron chi connectivity index (χ3n) is 1.59. The molecule has 0 aromatic rings. The average molecular weight is 185 g/mol. The van der Waals surface area contributed by atoms with E-state index < -0.39 is 11.7 Å². The van der Waals surface area contributed by atoms with E-state index in [1.165, 1.54) is 0 Å². The molecule has 1 saturated carbocycles. The van der Waals surface area contributed by atoms with Gasteiger partial charge >= 0.3 is 6.09 Å². The molecule has 0 atom stereocenters. The molecular weight excluding hydrogens is 170 g/mol. The third kappa shape index (κ3) is 3.55. The van der Waals surface area contributed by atoms with Gasteiger partial charge in [0.15, 0.2) is 0 Å². The lowest BCUT2D eigenvalue weighted by Crippen LogP contribution is -2.30. The predicted molar refractivity (Wildman–Crippen MR) is 48.9 cm³/mol. The van der Waals surface area contributed by atoms with Crippen LogP contribution in [0.3, 0.4) is 0 Å². The molecule has 0 aromatic heterocycles. The third-order valence-corrected chi connectivity index (χ3v) is 1.59. The molecule has 0 saturated heterocycles. The quantitative estimate of drug-likeness (QED) is 0.622. The molecule has 1 N–H and O–H groups in total. The Labute approximate surface area is 77.6 Å². The van der Waals surface area contributed by atoms with Crippen molar-refractivity contribution in [3.05, 3.63) is 0 Å². The first-order chi connectivity index (χ1) is 5.87. The van der Waals surface area contributed by atoms with Gasteiger partial charge in [0.25, 0.3) is 0 Å². The van der Waals surface area contributed by atoms with Crippen LogP contribution in [-0.2, 0) is 4.74 Å². The minimum atomic E-state index is -0.561. The van der Waals surface area contributed by atoms with Crippen molar-refractivity contribution in [3.8, 4) is 0 Å². The maximum atomic E-state index is 11.1. The summed E-state index contributed by atoms with van der Waals surface area (Å²) in [6.07, 6.45) is 0.119. The molecule has 1 aliphatic carbocycles. The standard InChI is InChI=1S/C9H15NO3/c1-9(2,3)13-8(12)10-6-4-7(11)5-6/h7,11H,4-5H2,1-3H3. The molecule has 0 radical (unpaired) electrons. The zero-order valence-electron chi connectivity index (χ0n) is 8.20. The fourth-order valence-electron chi connectivity index (χ4n) is 0.989. The van der Waals surface area contributed by atoms with Crippen LogP contribution in [0.1, 0.15) is 33.6 Å². The summed E-state index contributed by atoms with van der Waals surface area (Å²) in [7, 11) is 0. The smallest absolute Gasteiger partial charge is 0.434 e. The molecule has 0 bridgehead atoms. The van der Waals surface area contributed by atoms with E-state index in [-0.39, 0.29) is 6.10 Å². The molecule has 0 aromatic carbocycles. The Balaban J connectivity index is 2.38. The highest BCUT2D eigenvalue weighted by Gasteiger charge is 2.24. The largest absolute Gasteiger partial charge is 0.442 e. The summed E-state index contributed by atoms with van der Waals surface area (Å²) >= 11 is 0. The molecule has 1 amide bonds. The van der Waals surface area contributed by atoms with Crippen LogP contribution in [0.25, 0.3) is 0 Å². The van der Waals surface area contributed by atoms with Crippen molar-refractivity contribution in [2.24, 2.45) is 4.99 Å². The van der Waals surface area contributed by atoms with Crippen LogP contribution in [0.5, 0.6) is 0 Å². The molecule has 1 fully saturated rings. The van der Waals surface area contributed by atoms with Gasteiger partial charge in [-0.05, 0) is 20.8 Å². The number of hydrogen-bond donors (Lipinski definition) is 1. The Morgan fingerprint density at radius 1 is 1.54 bits per heavy atom. The van der Waals surface area contributed by atoms with Crippen LogP contribution in [-0.4, -0.2) is 28.6 Å². The second-order valence-corrected chi connectivity index (χ2v) is 4.22. The number of hydrogen-bond acceptors (Lipinski definition) is 3. The van der Waals surface area contributed by atoms with E-state index in [1.54, 1.807) is 20.8 Å². The topological polar surface area (TPSA) is 58.9 Å². The van der Waals surface area contributed by atoms with Gasteiger partial charge in [-0.1, -0.05) is 0 Å². The molecule has 0 aliphatic heterocycles. The van der Waals surface area contributed by atoms with E-state index in [2.05, 4.69) is 4.99 Å². The first-order valence-electron chi connectivity index (χ1n) is 4.34. The van der Waals surface area contributed by atoms with Crippen molar-refractivity contribution in [2.75, 3.05) is 0 Å². The molecule has 0 heterocycles. The van der Waals surface area contributed by atoms with Crippen molar-refractivity contribution < 1.29 is 14.6 Å². The Bertz CT molecular complexity index is 232. The summed E-state index contributed by atoms with van der Waals surface area (Å²) in [6.45, 7) is 5.38. The van der Waals surface area contributed by atoms with Crippen molar-refractivity contribution in [2.45, 2.75) is 45.3 Å². The summed E-state index contributed by atoms with van der Waals surface area (Å²) in [4.78, 5) is 14.8. The molecular formula is C9H15NO3. The highest BCUT2D eigenvalue weighted by atomic mass is 16.6. The molecule has 0 spiro atoms. The van der Waals surface area contributed by atoms with Gasteiger partial charge in [0.2, 0.25) is 0 Å². The second-order valence-electron chi connectivity index (χ2n) is 4.22. The summed E-state index contributed by atoms with van der Waals surface area (Å²) in [5.74, 6) is 0. The average Bonchev–Trinajstić information content (AvgIpc) is 1.79. The van der Waals surface area contributed by atoms with E-state index in [1.807, 2.05) is 0 Å². The lowest BCUT2D eigenvalue weighted by molar-refractivity contribution is 0.0600. The number of carbonyl (C=O) groups excluding carboxylic acids is 1. The first-order valence-corrected chi connectivity index (χ1v) is 4.34. The van der Waals surface area contributed by atoms with E-state index in [0.717, 1.165) is 5.71 Å². The predicted octanol–water partition coefficient (Wildman–Crippen LogP) is 1.52. The lowest BCUT2D eigenvalue weighted by atomic mass is 9.93. The van der Waals surface area contributed by atoms with Crippen LogP contribution in [0.4, 0.5) is 4.79 Å². The fourth-order valence-corrected chi connectivity index (χ4v) is 0.989. The Hall–Kier alpha value is -0.900. The van der Waals surface area contributed by atoms with E-state index in [4.69, 9.17) is 9.84 Å². The minimum Gasteiger partial charge on any atom is -0.442 e. The molecule has 13 heavy (non-hydrogen) atoms. The highest BCUT2D eigenvalue weighted by molar-refractivity contribution is 5.97. The second kappa shape index (κ2) is 3.46. The number of aliphatic hydroxyl groups is 1. The fraction of sp³-hybridized carbons (Fsp3) is 0.778. The van der Waals surface area contributed by atoms with Crippen molar-refractivity contribution >= 4 is 11.8 Å². The van der Waals surface area contributed by atoms with Crippen LogP contribution >= 0.6 is 0 Å². The molecule has 4 heteroatoms. The lowest BCUT2D eigenvalue weighted by Gasteiger charge is -2.23. The minimum absolute atomic E-state index is 0.318. The van der Waals surface area contributed by atoms with E-state index in [0.29, 0.717) is 12.8 Å². The van der Waals surface area contributed by atoms with Crippen LogP contribution in [0.15, 0.2) is 4.99 Å². The maximum Gasteiger partial charge on any atom is 0.434 e. The normalized spacial score (nSPS) is 22.2. The number of carbonyl (C=O) groups is 1. The van der Waals surface area contributed by atoms with Gasteiger partial charge in [0.1, 0.15) is 5.60 Å². The summed E-state index contributed by atoms with van der Waals surface area (Å²) in [5, 5.41) is 8.93. The molecule has 4 nitrogen and oxygen atoms in total. The maximum absolute atomic E-state index is 11.1. The van der Waals surface area contributed by atoms with Crippen LogP contribution < -0.4 is 0 Å². The number of aliphatic imine (C=N–C) groups is 1. The summed E-state index contributed by atoms with van der Waals surface area (Å²) in [5.41, 5.74) is 0.227. The SMILES string of the molecule is CC(C)(C)OC(=O)N=C1CC(O)C1. The molecule has 74 valence electrons. The molecule has 1 rings (SSSR count). The van der Waals surface area contributed by atoms with Crippen molar-refractivity contribution in [3.63, 3.8) is 0 Å². The van der Waals surface area contributed by atoms with Crippen LogP contribution in [0.2, 0.25) is 0 Å². The van der Waals surface area contributed by atoms with E-state index in [9.17, 15) is 4.79 Å². The van der Waals surface area contributed by atoms with Gasteiger partial charge in [-0.3, -0.25) is 0 Å².